The van der Waals surface area contributed by atoms with Crippen molar-refractivity contribution in [2.24, 2.45) is 0 Å². The van der Waals surface area contributed by atoms with Gasteiger partial charge in [0.05, 0.1) is 0 Å². The molecule has 0 bridgehead atoms. The molecule has 0 aliphatic rings. The molecular weight excluding hydrogens is 271 g/mol. The molecule has 0 amide bonds. The number of hydrogen-bond donors (Lipinski definition) is 0. The molecule has 1 heterocycles. The van der Waals surface area contributed by atoms with E-state index < -0.39 is 12.0 Å². The van der Waals surface area contributed by atoms with Gasteiger partial charge in [0.1, 0.15) is 11.0 Å². The summed E-state index contributed by atoms with van der Waals surface area (Å²) in [6.45, 7) is 1.04. The van der Waals surface area contributed by atoms with Crippen LogP contribution in [0.2, 0.25) is 5.15 Å². The summed E-state index contributed by atoms with van der Waals surface area (Å²) in [6, 6.07) is 1.30. The van der Waals surface area contributed by atoms with E-state index in [1.54, 1.807) is 19.1 Å². The van der Waals surface area contributed by atoms with Crippen LogP contribution in [0.15, 0.2) is 6.07 Å². The summed E-state index contributed by atoms with van der Waals surface area (Å²) in [4.78, 5) is 8.18. The Labute approximate surface area is 108 Å². The zero-order valence-corrected chi connectivity index (χ0v) is 10.7. The molecule has 0 aromatic carbocycles. The van der Waals surface area contributed by atoms with Gasteiger partial charge in [0, 0.05) is 33.4 Å². The first-order valence-electron chi connectivity index (χ1n) is 5.16. The van der Waals surface area contributed by atoms with Gasteiger partial charge in [-0.05, 0) is 6.42 Å². The largest absolute Gasteiger partial charge is 0.451 e. The molecule has 0 saturated heterocycles. The quantitative estimate of drug-likeness (QED) is 0.615. The maximum absolute atomic E-state index is 12.5. The summed E-state index contributed by atoms with van der Waals surface area (Å²) in [5, 5.41) is -0.231. The summed E-state index contributed by atoms with van der Waals surface area (Å²) in [5.41, 5.74) is 0. The molecule has 0 aliphatic heterocycles. The summed E-state index contributed by atoms with van der Waals surface area (Å²) in [6.07, 6.45) is -3.93. The summed E-state index contributed by atoms with van der Waals surface area (Å²) < 4.78 is 42.4. The highest BCUT2D eigenvalue weighted by Gasteiger charge is 2.35. The zero-order chi connectivity index (χ0) is 13.8. The Morgan fingerprint density at radius 2 is 2.06 bits per heavy atom. The molecule has 0 unspecified atom stereocenters. The van der Waals surface area contributed by atoms with Gasteiger partial charge in [-0.15, -0.1) is 0 Å². The SMILES string of the molecule is COCCCN(C)c1cc(Cl)nc(C(F)(F)F)n1. The third-order valence-corrected chi connectivity index (χ3v) is 2.36. The second-order valence-corrected chi connectivity index (χ2v) is 4.03. The van der Waals surface area contributed by atoms with Crippen molar-refractivity contribution in [1.29, 1.82) is 0 Å². The predicted molar refractivity (Wildman–Crippen MR) is 61.8 cm³/mol. The van der Waals surface area contributed by atoms with Gasteiger partial charge in [-0.1, -0.05) is 11.6 Å². The summed E-state index contributed by atoms with van der Waals surface area (Å²) in [7, 11) is 3.19. The lowest BCUT2D eigenvalue weighted by Gasteiger charge is -2.19. The van der Waals surface area contributed by atoms with Crippen LogP contribution < -0.4 is 4.90 Å². The molecule has 0 saturated carbocycles. The molecule has 0 aliphatic carbocycles. The fraction of sp³-hybridized carbons (Fsp3) is 0.600. The number of anilines is 1. The number of hydrogen-bond acceptors (Lipinski definition) is 4. The minimum Gasteiger partial charge on any atom is -0.385 e. The molecule has 0 spiro atoms. The third kappa shape index (κ3) is 4.30. The summed E-state index contributed by atoms with van der Waals surface area (Å²) >= 11 is 5.56. The molecule has 0 fully saturated rings. The van der Waals surface area contributed by atoms with E-state index >= 15 is 0 Å². The van der Waals surface area contributed by atoms with Crippen molar-refractivity contribution < 1.29 is 17.9 Å². The molecule has 0 N–H and O–H groups in total. The Balaban J connectivity index is 2.85. The number of aromatic nitrogens is 2. The van der Waals surface area contributed by atoms with Crippen molar-refractivity contribution in [3.8, 4) is 0 Å². The van der Waals surface area contributed by atoms with Crippen molar-refractivity contribution in [3.05, 3.63) is 17.0 Å². The van der Waals surface area contributed by atoms with E-state index in [2.05, 4.69) is 9.97 Å². The molecule has 18 heavy (non-hydrogen) atoms. The number of nitrogens with zero attached hydrogens (tertiary/aromatic N) is 3. The lowest BCUT2D eigenvalue weighted by atomic mass is 10.4. The van der Waals surface area contributed by atoms with E-state index in [1.165, 1.54) is 6.07 Å². The lowest BCUT2D eigenvalue weighted by Crippen LogP contribution is -2.23. The first-order valence-corrected chi connectivity index (χ1v) is 5.54. The predicted octanol–water partition coefficient (Wildman–Crippen LogP) is 2.62. The first kappa shape index (κ1) is 15.0. The maximum Gasteiger partial charge on any atom is 0.451 e. The lowest BCUT2D eigenvalue weighted by molar-refractivity contribution is -0.144. The Hall–Kier alpha value is -1.08. The molecule has 8 heteroatoms. The van der Waals surface area contributed by atoms with Crippen molar-refractivity contribution in [2.75, 3.05) is 32.2 Å². The van der Waals surface area contributed by atoms with Gasteiger partial charge in [-0.2, -0.15) is 13.2 Å². The minimum atomic E-state index is -4.60. The average molecular weight is 284 g/mol. The van der Waals surface area contributed by atoms with Crippen molar-refractivity contribution in [1.82, 2.24) is 9.97 Å². The van der Waals surface area contributed by atoms with Crippen LogP contribution >= 0.6 is 11.6 Å². The third-order valence-electron chi connectivity index (χ3n) is 2.17. The Morgan fingerprint density at radius 1 is 1.39 bits per heavy atom. The average Bonchev–Trinajstić information content (AvgIpc) is 2.27. The van der Waals surface area contributed by atoms with Gasteiger partial charge in [0.15, 0.2) is 0 Å². The first-order chi connectivity index (χ1) is 8.34. The number of rotatable bonds is 5. The number of alkyl halides is 3. The Kier molecular flexibility index (Phi) is 5.15. The molecular formula is C10H13ClF3N3O. The van der Waals surface area contributed by atoms with Crippen molar-refractivity contribution in [3.63, 3.8) is 0 Å². The topological polar surface area (TPSA) is 38.2 Å². The molecule has 4 nitrogen and oxygen atoms in total. The Morgan fingerprint density at radius 3 is 2.61 bits per heavy atom. The highest BCUT2D eigenvalue weighted by Crippen LogP contribution is 2.28. The number of halogens is 4. The molecule has 1 aromatic heterocycles. The van der Waals surface area contributed by atoms with Gasteiger partial charge < -0.3 is 9.64 Å². The fourth-order valence-corrected chi connectivity index (χ4v) is 1.47. The van der Waals surface area contributed by atoms with Crippen molar-refractivity contribution >= 4 is 17.4 Å². The van der Waals surface area contributed by atoms with Gasteiger partial charge >= 0.3 is 6.18 Å². The van der Waals surface area contributed by atoms with E-state index in [0.717, 1.165) is 0 Å². The van der Waals surface area contributed by atoms with E-state index in [1.807, 2.05) is 0 Å². The van der Waals surface area contributed by atoms with Gasteiger partial charge in [-0.3, -0.25) is 0 Å². The summed E-state index contributed by atoms with van der Waals surface area (Å²) in [5.74, 6) is -1.10. The van der Waals surface area contributed by atoms with E-state index in [-0.39, 0.29) is 11.0 Å². The zero-order valence-electron chi connectivity index (χ0n) is 9.96. The van der Waals surface area contributed by atoms with Crippen LogP contribution in [0.25, 0.3) is 0 Å². The van der Waals surface area contributed by atoms with Crippen LogP contribution in [0.3, 0.4) is 0 Å². The highest BCUT2D eigenvalue weighted by atomic mass is 35.5. The van der Waals surface area contributed by atoms with Crippen LogP contribution in [-0.4, -0.2) is 37.3 Å². The van der Waals surface area contributed by atoms with E-state index in [9.17, 15) is 13.2 Å². The molecule has 1 rings (SSSR count). The smallest absolute Gasteiger partial charge is 0.385 e. The van der Waals surface area contributed by atoms with Gasteiger partial charge in [0.25, 0.3) is 0 Å². The van der Waals surface area contributed by atoms with Crippen molar-refractivity contribution in [2.45, 2.75) is 12.6 Å². The number of methoxy groups -OCH3 is 1. The second-order valence-electron chi connectivity index (χ2n) is 3.64. The monoisotopic (exact) mass is 283 g/mol. The van der Waals surface area contributed by atoms with Crippen LogP contribution in [-0.2, 0) is 10.9 Å². The van der Waals surface area contributed by atoms with Gasteiger partial charge in [0.2, 0.25) is 5.82 Å². The molecule has 0 radical (unpaired) electrons. The van der Waals surface area contributed by atoms with Crippen LogP contribution in [0.4, 0.5) is 19.0 Å². The highest BCUT2D eigenvalue weighted by molar-refractivity contribution is 6.29. The molecule has 102 valence electrons. The second kappa shape index (κ2) is 6.19. The fourth-order valence-electron chi connectivity index (χ4n) is 1.29. The standard InChI is InChI=1S/C10H13ClF3N3O/c1-17(4-3-5-18-2)8-6-7(11)15-9(16-8)10(12,13)14/h6H,3-5H2,1-2H3. The number of ether oxygens (including phenoxy) is 1. The minimum absolute atomic E-state index is 0.137. The van der Waals surface area contributed by atoms with E-state index in [4.69, 9.17) is 16.3 Å². The normalized spacial score (nSPS) is 11.7. The molecule has 0 atom stereocenters. The van der Waals surface area contributed by atoms with Crippen LogP contribution in [0.5, 0.6) is 0 Å². The van der Waals surface area contributed by atoms with E-state index in [0.29, 0.717) is 19.6 Å². The van der Waals surface area contributed by atoms with Gasteiger partial charge in [-0.25, -0.2) is 9.97 Å². The van der Waals surface area contributed by atoms with Crippen LogP contribution in [0.1, 0.15) is 12.2 Å². The Bertz CT molecular complexity index is 400. The van der Waals surface area contributed by atoms with Crippen LogP contribution in [0, 0.1) is 0 Å². The maximum atomic E-state index is 12.5. The molecule has 1 aromatic rings.